The Morgan fingerprint density at radius 1 is 1.69 bits per heavy atom. The highest BCUT2D eigenvalue weighted by Crippen LogP contribution is 2.23. The Labute approximate surface area is 80.0 Å². The summed E-state index contributed by atoms with van der Waals surface area (Å²) >= 11 is 1.61. The average molecular weight is 194 g/mol. The maximum atomic E-state index is 7.66. The zero-order valence-corrected chi connectivity index (χ0v) is 8.06. The van der Waals surface area contributed by atoms with E-state index in [1.807, 2.05) is 13.1 Å². The van der Waals surface area contributed by atoms with E-state index in [1.54, 1.807) is 22.4 Å². The summed E-state index contributed by atoms with van der Waals surface area (Å²) < 4.78 is 1.75. The molecule has 1 aliphatic heterocycles. The number of nitrogens with one attached hydrogen (secondary N) is 1. The van der Waals surface area contributed by atoms with Crippen LogP contribution < -0.4 is 11.2 Å². The standard InChI is InChI=1S/C8H10N4S/c1-5-3-12-7(10)2-6(9)11-8(12)13-4-5/h2-3,10H,4,9H2,1H3. The summed E-state index contributed by atoms with van der Waals surface area (Å²) in [6, 6.07) is 1.55. The zero-order valence-electron chi connectivity index (χ0n) is 7.24. The molecule has 0 bridgehead atoms. The molecule has 0 spiro atoms. The van der Waals surface area contributed by atoms with E-state index in [0.29, 0.717) is 11.3 Å². The fourth-order valence-corrected chi connectivity index (χ4v) is 2.06. The van der Waals surface area contributed by atoms with E-state index in [0.717, 1.165) is 10.9 Å². The summed E-state index contributed by atoms with van der Waals surface area (Å²) in [4.78, 5) is 4.15. The SMILES string of the molecule is CC1=Cn2c(nc(N)cc2=N)SC1. The smallest absolute Gasteiger partial charge is 0.176 e. The lowest BCUT2D eigenvalue weighted by Gasteiger charge is -2.15. The lowest BCUT2D eigenvalue weighted by atomic mass is 10.4. The van der Waals surface area contributed by atoms with Crippen LogP contribution in [-0.2, 0) is 0 Å². The molecule has 0 unspecified atom stereocenters. The number of nitrogens with two attached hydrogens (primary N) is 1. The van der Waals surface area contributed by atoms with Gasteiger partial charge in [-0.05, 0) is 12.5 Å². The number of rotatable bonds is 0. The summed E-state index contributed by atoms with van der Waals surface area (Å²) in [5.41, 5.74) is 7.16. The lowest BCUT2D eigenvalue weighted by Crippen LogP contribution is -2.21. The van der Waals surface area contributed by atoms with Gasteiger partial charge in [0, 0.05) is 18.0 Å². The monoisotopic (exact) mass is 194 g/mol. The minimum absolute atomic E-state index is 0.383. The molecule has 0 saturated carbocycles. The molecule has 1 aliphatic rings. The van der Waals surface area contributed by atoms with Crippen molar-refractivity contribution in [3.05, 3.63) is 17.1 Å². The molecule has 1 aromatic rings. The van der Waals surface area contributed by atoms with Crippen molar-refractivity contribution in [1.29, 1.82) is 5.41 Å². The van der Waals surface area contributed by atoms with Gasteiger partial charge in [-0.15, -0.1) is 0 Å². The van der Waals surface area contributed by atoms with Gasteiger partial charge in [0.15, 0.2) is 5.16 Å². The van der Waals surface area contributed by atoms with Gasteiger partial charge in [-0.2, -0.15) is 0 Å². The third-order valence-electron chi connectivity index (χ3n) is 1.75. The van der Waals surface area contributed by atoms with Crippen LogP contribution >= 0.6 is 11.8 Å². The van der Waals surface area contributed by atoms with Crippen LogP contribution in [0, 0.1) is 5.41 Å². The number of thioether (sulfide) groups is 1. The first-order valence-corrected chi connectivity index (χ1v) is 4.89. The largest absolute Gasteiger partial charge is 0.383 e. The van der Waals surface area contributed by atoms with E-state index in [2.05, 4.69) is 4.98 Å². The van der Waals surface area contributed by atoms with Crippen LogP contribution in [-0.4, -0.2) is 15.3 Å². The Bertz CT molecular complexity index is 432. The van der Waals surface area contributed by atoms with Crippen molar-refractivity contribution in [2.75, 3.05) is 11.5 Å². The Morgan fingerprint density at radius 2 is 2.46 bits per heavy atom. The van der Waals surface area contributed by atoms with Crippen molar-refractivity contribution in [2.24, 2.45) is 0 Å². The van der Waals surface area contributed by atoms with Crippen molar-refractivity contribution in [3.63, 3.8) is 0 Å². The summed E-state index contributed by atoms with van der Waals surface area (Å²) in [5.74, 6) is 1.34. The topological polar surface area (TPSA) is 67.7 Å². The van der Waals surface area contributed by atoms with E-state index in [-0.39, 0.29) is 0 Å². The van der Waals surface area contributed by atoms with Crippen LogP contribution in [0.25, 0.3) is 6.20 Å². The van der Waals surface area contributed by atoms with Gasteiger partial charge in [0.1, 0.15) is 11.3 Å². The third-order valence-corrected chi connectivity index (χ3v) is 2.90. The first kappa shape index (κ1) is 8.37. The molecule has 3 N–H and O–H groups in total. The molecule has 0 aliphatic carbocycles. The van der Waals surface area contributed by atoms with Crippen LogP contribution in [0.3, 0.4) is 0 Å². The maximum Gasteiger partial charge on any atom is 0.176 e. The summed E-state index contributed by atoms with van der Waals surface area (Å²) in [5, 5.41) is 8.47. The third kappa shape index (κ3) is 1.47. The first-order valence-electron chi connectivity index (χ1n) is 3.90. The van der Waals surface area contributed by atoms with Crippen molar-refractivity contribution >= 4 is 23.8 Å². The molecule has 0 fully saturated rings. The van der Waals surface area contributed by atoms with Gasteiger partial charge in [-0.3, -0.25) is 9.98 Å². The lowest BCUT2D eigenvalue weighted by molar-refractivity contribution is 0.797. The number of aromatic nitrogens is 2. The maximum absolute atomic E-state index is 7.66. The number of hydrogen-bond acceptors (Lipinski definition) is 4. The minimum Gasteiger partial charge on any atom is -0.383 e. The van der Waals surface area contributed by atoms with Crippen molar-refractivity contribution in [1.82, 2.24) is 9.55 Å². The molecule has 0 saturated heterocycles. The zero-order chi connectivity index (χ0) is 9.42. The summed E-state index contributed by atoms with van der Waals surface area (Å²) in [6.07, 6.45) is 1.93. The number of anilines is 1. The van der Waals surface area contributed by atoms with E-state index >= 15 is 0 Å². The molecule has 68 valence electrons. The van der Waals surface area contributed by atoms with Crippen LogP contribution in [0.2, 0.25) is 0 Å². The van der Waals surface area contributed by atoms with Gasteiger partial charge in [0.25, 0.3) is 0 Å². The van der Waals surface area contributed by atoms with E-state index in [4.69, 9.17) is 11.1 Å². The van der Waals surface area contributed by atoms with E-state index < -0.39 is 0 Å². The Balaban J connectivity index is 2.68. The Hall–Kier alpha value is -1.23. The quantitative estimate of drug-likeness (QED) is 0.603. The number of nitrogens with zero attached hydrogens (tertiary/aromatic N) is 2. The van der Waals surface area contributed by atoms with Gasteiger partial charge in [-0.1, -0.05) is 11.8 Å². The Morgan fingerprint density at radius 3 is 3.23 bits per heavy atom. The fourth-order valence-electron chi connectivity index (χ4n) is 1.17. The highest BCUT2D eigenvalue weighted by atomic mass is 32.2. The molecule has 13 heavy (non-hydrogen) atoms. The molecular weight excluding hydrogens is 184 g/mol. The second-order valence-electron chi connectivity index (χ2n) is 2.98. The van der Waals surface area contributed by atoms with Gasteiger partial charge >= 0.3 is 0 Å². The Kier molecular flexibility index (Phi) is 1.88. The minimum atomic E-state index is 0.383. The van der Waals surface area contributed by atoms with Crippen LogP contribution in [0.4, 0.5) is 5.82 Å². The number of fused-ring (bicyclic) bond motifs is 1. The molecule has 2 rings (SSSR count). The second kappa shape index (κ2) is 2.92. The highest BCUT2D eigenvalue weighted by molar-refractivity contribution is 7.99. The van der Waals surface area contributed by atoms with E-state index in [9.17, 15) is 0 Å². The molecule has 5 heteroatoms. The molecule has 0 aromatic carbocycles. The predicted octanol–water partition coefficient (Wildman–Crippen LogP) is 0.911. The normalized spacial score (nSPS) is 15.0. The molecule has 4 nitrogen and oxygen atoms in total. The second-order valence-corrected chi connectivity index (χ2v) is 3.93. The predicted molar refractivity (Wildman–Crippen MR) is 53.2 cm³/mol. The molecule has 0 amide bonds. The van der Waals surface area contributed by atoms with Crippen molar-refractivity contribution < 1.29 is 0 Å². The van der Waals surface area contributed by atoms with Gasteiger partial charge < -0.3 is 5.73 Å². The molecule has 1 aromatic heterocycles. The van der Waals surface area contributed by atoms with Gasteiger partial charge in [0.05, 0.1) is 0 Å². The van der Waals surface area contributed by atoms with Gasteiger partial charge in [-0.25, -0.2) is 4.98 Å². The first-order chi connectivity index (χ1) is 6.16. The van der Waals surface area contributed by atoms with Crippen LogP contribution in [0.15, 0.2) is 16.8 Å². The van der Waals surface area contributed by atoms with Crippen LogP contribution in [0.5, 0.6) is 0 Å². The fraction of sp³-hybridized carbons (Fsp3) is 0.250. The molecule has 0 radical (unpaired) electrons. The van der Waals surface area contributed by atoms with Crippen molar-refractivity contribution in [2.45, 2.75) is 12.1 Å². The highest BCUT2D eigenvalue weighted by Gasteiger charge is 2.09. The molecule has 2 heterocycles. The van der Waals surface area contributed by atoms with E-state index in [1.165, 1.54) is 5.57 Å². The van der Waals surface area contributed by atoms with Crippen LogP contribution in [0.1, 0.15) is 6.92 Å². The summed E-state index contributed by atoms with van der Waals surface area (Å²) in [6.45, 7) is 2.04. The molecule has 0 atom stereocenters. The van der Waals surface area contributed by atoms with Gasteiger partial charge in [0.2, 0.25) is 0 Å². The molecular formula is C8H10N4S. The number of hydrogen-bond donors (Lipinski definition) is 2. The van der Waals surface area contributed by atoms with Crippen molar-refractivity contribution in [3.8, 4) is 0 Å². The average Bonchev–Trinajstić information content (AvgIpc) is 2.06. The summed E-state index contributed by atoms with van der Waals surface area (Å²) in [7, 11) is 0. The number of nitrogen functional groups attached to an aromatic ring is 1.